The quantitative estimate of drug-likeness (QED) is 0.0771. The molecule has 3 aliphatic rings. The zero-order chi connectivity index (χ0) is 47.1. The number of ether oxygens (including phenoxy) is 2. The van der Waals surface area contributed by atoms with Crippen LogP contribution in [0, 0.1) is 17.3 Å². The summed E-state index contributed by atoms with van der Waals surface area (Å²) in [4.78, 5) is 85.5. The van der Waals surface area contributed by atoms with Crippen molar-refractivity contribution in [2.24, 2.45) is 17.3 Å². The largest absolute Gasteiger partial charge is 0.467 e. The monoisotopic (exact) mass is 923 g/mol. The van der Waals surface area contributed by atoms with Gasteiger partial charge < -0.3 is 29.2 Å². The van der Waals surface area contributed by atoms with E-state index in [-0.39, 0.29) is 55.2 Å². The van der Waals surface area contributed by atoms with Gasteiger partial charge in [0.1, 0.15) is 12.1 Å². The van der Waals surface area contributed by atoms with Gasteiger partial charge in [0.15, 0.2) is 0 Å². The van der Waals surface area contributed by atoms with Crippen LogP contribution in [0.4, 0.5) is 0 Å². The number of methoxy groups -OCH3 is 1. The van der Waals surface area contributed by atoms with E-state index in [1.807, 2.05) is 18.4 Å². The number of amides is 4. The van der Waals surface area contributed by atoms with E-state index in [0.29, 0.717) is 50.6 Å². The summed E-state index contributed by atoms with van der Waals surface area (Å²) in [6.07, 6.45) is 9.12. The van der Waals surface area contributed by atoms with Gasteiger partial charge in [0.2, 0.25) is 17.7 Å². The molecule has 4 amide bonds. The number of hydroxylamine groups is 2. The molecule has 0 radical (unpaired) electrons. The molecule has 3 fully saturated rings. The Hall–Kier alpha value is -5.45. The molecule has 4 aromatic rings. The van der Waals surface area contributed by atoms with Gasteiger partial charge in [-0.15, -0.1) is 11.3 Å². The van der Waals surface area contributed by atoms with Gasteiger partial charge >= 0.3 is 0 Å². The van der Waals surface area contributed by atoms with Crippen LogP contribution in [-0.4, -0.2) is 119 Å². The van der Waals surface area contributed by atoms with Crippen LogP contribution in [0.15, 0.2) is 54.6 Å². The van der Waals surface area contributed by atoms with Crippen molar-refractivity contribution in [3.63, 3.8) is 0 Å². The normalized spacial score (nSPS) is 18.2. The number of hydrogen-bond acceptors (Lipinski definition) is 11. The standard InChI is InChI=1S/C50H65N7O8S/c1-8-43(59)55-23-20-35(28-55)48(61)54(6)45(33-15-10-11-16-33)47(60)53-39(49(62)57-22-12-13-24-65-57)26-42-52-40(29-66-42)34-18-19-41-37(25-34)38(27-50(4,5)30-64-31-58)46(56(41)9-2)36-17-14-21-51-44(36)32(3)63-7/h8,14,17-19,21,25,29,31-33,35,39,45H,1,9-13,15-16,20,22-24,26-28,30H2,2-7H3,(H,53,60). The summed E-state index contributed by atoms with van der Waals surface area (Å²) in [7, 11) is 3.35. The van der Waals surface area contributed by atoms with Crippen LogP contribution in [0.1, 0.15) is 95.0 Å². The summed E-state index contributed by atoms with van der Waals surface area (Å²) in [5, 5.41) is 8.14. The fourth-order valence-corrected chi connectivity index (χ4v) is 10.9. The lowest BCUT2D eigenvalue weighted by Gasteiger charge is -2.35. The predicted molar refractivity (Wildman–Crippen MR) is 253 cm³/mol. The van der Waals surface area contributed by atoms with E-state index in [1.165, 1.54) is 22.5 Å². The van der Waals surface area contributed by atoms with Gasteiger partial charge in [0.05, 0.1) is 47.3 Å². The van der Waals surface area contributed by atoms with E-state index < -0.39 is 23.4 Å². The van der Waals surface area contributed by atoms with Gasteiger partial charge in [-0.1, -0.05) is 39.3 Å². The Morgan fingerprint density at radius 1 is 1.11 bits per heavy atom. The third-order valence-corrected chi connectivity index (χ3v) is 14.4. The van der Waals surface area contributed by atoms with Crippen LogP contribution in [-0.2, 0) is 57.7 Å². The Morgan fingerprint density at radius 2 is 1.89 bits per heavy atom. The number of benzene rings is 1. The van der Waals surface area contributed by atoms with Crippen molar-refractivity contribution in [3.05, 3.63) is 70.8 Å². The number of thiazole rings is 1. The Kier molecular flexibility index (Phi) is 15.8. The van der Waals surface area contributed by atoms with E-state index in [1.54, 1.807) is 30.2 Å². The van der Waals surface area contributed by atoms with Crippen molar-refractivity contribution in [2.45, 2.75) is 110 Å². The molecule has 1 aromatic carbocycles. The van der Waals surface area contributed by atoms with Gasteiger partial charge in [-0.2, -0.15) is 0 Å². The van der Waals surface area contributed by atoms with E-state index in [4.69, 9.17) is 24.3 Å². The fourth-order valence-electron chi connectivity index (χ4n) is 10.1. The Morgan fingerprint density at radius 3 is 2.59 bits per heavy atom. The lowest BCUT2D eigenvalue weighted by Crippen LogP contribution is -2.58. The number of hydrogen-bond donors (Lipinski definition) is 1. The van der Waals surface area contributed by atoms with Crippen LogP contribution < -0.4 is 5.32 Å². The van der Waals surface area contributed by atoms with Crippen LogP contribution in [0.2, 0.25) is 0 Å². The molecule has 2 saturated heterocycles. The second kappa shape index (κ2) is 21.5. The highest BCUT2D eigenvalue weighted by atomic mass is 32.1. The third kappa shape index (κ3) is 10.6. The maximum atomic E-state index is 14.6. The predicted octanol–water partition coefficient (Wildman–Crippen LogP) is 6.93. The molecule has 1 saturated carbocycles. The maximum Gasteiger partial charge on any atom is 0.293 e. The zero-order valence-corrected chi connectivity index (χ0v) is 40.1. The molecule has 3 aromatic heterocycles. The first kappa shape index (κ1) is 48.5. The number of likely N-dealkylation sites (N-methyl/N-ethyl adjacent to an activating group) is 1. The molecule has 0 bridgehead atoms. The minimum atomic E-state index is -0.997. The van der Waals surface area contributed by atoms with Crippen molar-refractivity contribution in [3.8, 4) is 22.5 Å². The van der Waals surface area contributed by atoms with Crippen molar-refractivity contribution >= 4 is 52.3 Å². The van der Waals surface area contributed by atoms with Gasteiger partial charge in [0.25, 0.3) is 12.4 Å². The number of pyridine rings is 1. The van der Waals surface area contributed by atoms with Crippen LogP contribution in [0.25, 0.3) is 33.4 Å². The van der Waals surface area contributed by atoms with Crippen molar-refractivity contribution in [2.75, 3.05) is 47.0 Å². The summed E-state index contributed by atoms with van der Waals surface area (Å²) < 4.78 is 13.4. The molecule has 66 heavy (non-hydrogen) atoms. The number of likely N-dealkylation sites (tertiary alicyclic amines) is 1. The van der Waals surface area contributed by atoms with Gasteiger partial charge in [-0.05, 0) is 94.2 Å². The average molecular weight is 924 g/mol. The van der Waals surface area contributed by atoms with Crippen molar-refractivity contribution < 1.29 is 38.3 Å². The van der Waals surface area contributed by atoms with Gasteiger partial charge in [-0.3, -0.25) is 33.8 Å². The number of carbonyl (C=O) groups is 5. The lowest BCUT2D eigenvalue weighted by molar-refractivity contribution is -0.199. The van der Waals surface area contributed by atoms with Crippen molar-refractivity contribution in [1.29, 1.82) is 0 Å². The smallest absolute Gasteiger partial charge is 0.293 e. The molecule has 2 aliphatic heterocycles. The number of carbonyl (C=O) groups excluding carboxylic acids is 5. The maximum absolute atomic E-state index is 14.6. The lowest BCUT2D eigenvalue weighted by atomic mass is 9.84. The van der Waals surface area contributed by atoms with E-state index >= 15 is 0 Å². The molecule has 5 heterocycles. The van der Waals surface area contributed by atoms with Gasteiger partial charge in [-0.25, -0.2) is 10.0 Å². The molecule has 0 spiro atoms. The molecular weight excluding hydrogens is 859 g/mol. The Labute approximate surface area is 391 Å². The number of fused-ring (bicyclic) bond motifs is 1. The third-order valence-electron chi connectivity index (χ3n) is 13.5. The minimum Gasteiger partial charge on any atom is -0.467 e. The summed E-state index contributed by atoms with van der Waals surface area (Å²) in [6.45, 7) is 14.8. The van der Waals surface area contributed by atoms with E-state index in [2.05, 4.69) is 61.5 Å². The SMILES string of the molecule is C=CC(=O)N1CCC(C(=O)N(C)C(C(=O)NC(Cc2nc(-c3ccc4c(c3)c(CC(C)(C)COC=O)c(-c3cccnc3C(C)OC)n4CC)cs2)C(=O)N2CCCCO2)C2CCCC2)C1. The second-order valence-corrected chi connectivity index (χ2v) is 19.6. The van der Waals surface area contributed by atoms with Crippen LogP contribution >= 0.6 is 11.3 Å². The number of rotatable bonds is 19. The molecule has 4 unspecified atom stereocenters. The molecule has 1 aliphatic carbocycles. The number of aromatic nitrogens is 3. The number of aryl methyl sites for hydroxylation is 1. The fraction of sp³-hybridized carbons (Fsp3) is 0.540. The molecule has 16 heteroatoms. The summed E-state index contributed by atoms with van der Waals surface area (Å²) in [5.74, 6) is -1.63. The first-order chi connectivity index (χ1) is 31.8. The molecular formula is C50H65N7O8S. The summed E-state index contributed by atoms with van der Waals surface area (Å²) in [5.41, 5.74) is 6.16. The molecule has 7 rings (SSSR count). The minimum absolute atomic E-state index is 0.0705. The molecule has 15 nitrogen and oxygen atoms in total. The highest BCUT2D eigenvalue weighted by Gasteiger charge is 2.42. The Bertz CT molecular complexity index is 2400. The molecule has 4 atom stereocenters. The summed E-state index contributed by atoms with van der Waals surface area (Å²) in [6, 6.07) is 8.58. The van der Waals surface area contributed by atoms with E-state index in [9.17, 15) is 24.0 Å². The average Bonchev–Trinajstić information content (AvgIpc) is 4.18. The highest BCUT2D eigenvalue weighted by Crippen LogP contribution is 2.42. The van der Waals surface area contributed by atoms with E-state index in [0.717, 1.165) is 83.2 Å². The summed E-state index contributed by atoms with van der Waals surface area (Å²) >= 11 is 1.42. The Balaban J connectivity index is 1.21. The van der Waals surface area contributed by atoms with Crippen molar-refractivity contribution in [1.82, 2.24) is 34.7 Å². The van der Waals surface area contributed by atoms with Gasteiger partial charge in [0, 0.05) is 85.8 Å². The zero-order valence-electron chi connectivity index (χ0n) is 39.3. The van der Waals surface area contributed by atoms with Crippen LogP contribution in [0.5, 0.6) is 0 Å². The first-order valence-corrected chi connectivity index (χ1v) is 24.2. The molecule has 354 valence electrons. The number of nitrogens with zero attached hydrogens (tertiary/aromatic N) is 6. The highest BCUT2D eigenvalue weighted by molar-refractivity contribution is 7.10. The first-order valence-electron chi connectivity index (χ1n) is 23.3. The number of nitrogens with one attached hydrogen (secondary N) is 1. The molecule has 1 N–H and O–H groups in total. The van der Waals surface area contributed by atoms with Crippen LogP contribution in [0.3, 0.4) is 0 Å². The second-order valence-electron chi connectivity index (χ2n) is 18.7. The topological polar surface area (TPSA) is 166 Å².